The maximum Gasteiger partial charge on any atom is 0.251 e. The van der Waals surface area contributed by atoms with Gasteiger partial charge in [0, 0.05) is 12.1 Å². The molecule has 0 radical (unpaired) electrons. The third-order valence-electron chi connectivity index (χ3n) is 3.94. The molecule has 0 saturated heterocycles. The van der Waals surface area contributed by atoms with Gasteiger partial charge in [-0.3, -0.25) is 9.52 Å². The lowest BCUT2D eigenvalue weighted by Gasteiger charge is -2.11. The molecule has 0 spiro atoms. The lowest BCUT2D eigenvalue weighted by Crippen LogP contribution is -2.25. The highest BCUT2D eigenvalue weighted by Gasteiger charge is 2.10. The van der Waals surface area contributed by atoms with Crippen molar-refractivity contribution >= 4 is 21.6 Å². The van der Waals surface area contributed by atoms with E-state index >= 15 is 0 Å². The molecule has 0 atom stereocenters. The van der Waals surface area contributed by atoms with Crippen LogP contribution in [0.5, 0.6) is 5.75 Å². The summed E-state index contributed by atoms with van der Waals surface area (Å²) in [4.78, 5) is 12.2. The van der Waals surface area contributed by atoms with Crippen molar-refractivity contribution in [1.82, 2.24) is 5.32 Å². The summed E-state index contributed by atoms with van der Waals surface area (Å²) in [6.45, 7) is 4.93. The minimum absolute atomic E-state index is 0.231. The highest BCUT2D eigenvalue weighted by atomic mass is 32.2. The second-order valence-corrected chi connectivity index (χ2v) is 8.28. The van der Waals surface area contributed by atoms with E-state index in [4.69, 9.17) is 4.74 Å². The second-order valence-electron chi connectivity index (χ2n) is 6.53. The number of carbonyl (C=O) groups excluding carboxylic acids is 1. The fraction of sp³-hybridized carbons (Fsp3) is 0.350. The van der Waals surface area contributed by atoms with Crippen molar-refractivity contribution in [2.45, 2.75) is 26.7 Å². The molecule has 0 heterocycles. The summed E-state index contributed by atoms with van der Waals surface area (Å²) in [5, 5.41) is 2.84. The SMILES string of the molecule is Cc1ccc(OCCCCNC(=O)c2ccc(C)c(NS(C)(=O)=O)c2)cc1. The Hall–Kier alpha value is -2.54. The van der Waals surface area contributed by atoms with Crippen LogP contribution in [0.3, 0.4) is 0 Å². The molecule has 0 aliphatic rings. The van der Waals surface area contributed by atoms with E-state index in [-0.39, 0.29) is 5.91 Å². The molecule has 0 bridgehead atoms. The molecule has 146 valence electrons. The molecule has 0 aliphatic heterocycles. The van der Waals surface area contributed by atoms with E-state index in [0.29, 0.717) is 24.4 Å². The van der Waals surface area contributed by atoms with Crippen molar-refractivity contribution in [1.29, 1.82) is 0 Å². The molecular formula is C20H26N2O4S. The third kappa shape index (κ3) is 7.30. The molecule has 6 nitrogen and oxygen atoms in total. The van der Waals surface area contributed by atoms with Crippen LogP contribution in [0.1, 0.15) is 34.3 Å². The highest BCUT2D eigenvalue weighted by Crippen LogP contribution is 2.18. The maximum atomic E-state index is 12.2. The molecule has 7 heteroatoms. The van der Waals surface area contributed by atoms with Crippen molar-refractivity contribution in [3.63, 3.8) is 0 Å². The Morgan fingerprint density at radius 2 is 1.74 bits per heavy atom. The minimum atomic E-state index is -3.39. The van der Waals surface area contributed by atoms with E-state index in [2.05, 4.69) is 10.0 Å². The van der Waals surface area contributed by atoms with E-state index in [0.717, 1.165) is 30.4 Å². The highest BCUT2D eigenvalue weighted by molar-refractivity contribution is 7.92. The van der Waals surface area contributed by atoms with Gasteiger partial charge in [0.1, 0.15) is 5.75 Å². The molecule has 0 saturated carbocycles. The van der Waals surface area contributed by atoms with Gasteiger partial charge in [0.15, 0.2) is 0 Å². The smallest absolute Gasteiger partial charge is 0.251 e. The zero-order valence-corrected chi connectivity index (χ0v) is 16.7. The average Bonchev–Trinajstić information content (AvgIpc) is 2.60. The summed E-state index contributed by atoms with van der Waals surface area (Å²) >= 11 is 0. The summed E-state index contributed by atoms with van der Waals surface area (Å²) in [6, 6.07) is 12.8. The zero-order valence-electron chi connectivity index (χ0n) is 15.9. The van der Waals surface area contributed by atoms with Gasteiger partial charge in [-0.1, -0.05) is 23.8 Å². The molecule has 2 aromatic rings. The summed E-state index contributed by atoms with van der Waals surface area (Å²) in [5.41, 5.74) is 2.78. The predicted octanol–water partition coefficient (Wildman–Crippen LogP) is 3.26. The molecule has 1 amide bonds. The first-order valence-electron chi connectivity index (χ1n) is 8.81. The van der Waals surface area contributed by atoms with Crippen LogP contribution in [0, 0.1) is 13.8 Å². The summed E-state index contributed by atoms with van der Waals surface area (Å²) in [6.07, 6.45) is 2.69. The van der Waals surface area contributed by atoms with Crippen molar-refractivity contribution in [2.24, 2.45) is 0 Å². The number of aryl methyl sites for hydroxylation is 2. The Morgan fingerprint density at radius 3 is 2.41 bits per heavy atom. The molecule has 2 rings (SSSR count). The van der Waals surface area contributed by atoms with Crippen LogP contribution in [0.25, 0.3) is 0 Å². The Kier molecular flexibility index (Phi) is 7.24. The first-order chi connectivity index (χ1) is 12.7. The monoisotopic (exact) mass is 390 g/mol. The average molecular weight is 391 g/mol. The number of nitrogens with one attached hydrogen (secondary N) is 2. The Balaban J connectivity index is 1.75. The van der Waals surface area contributed by atoms with Crippen molar-refractivity contribution in [3.05, 3.63) is 59.2 Å². The fourth-order valence-electron chi connectivity index (χ4n) is 2.43. The number of unbranched alkanes of at least 4 members (excludes halogenated alkanes) is 1. The van der Waals surface area contributed by atoms with E-state index in [1.165, 1.54) is 5.56 Å². The van der Waals surface area contributed by atoms with Gasteiger partial charge in [-0.2, -0.15) is 0 Å². The van der Waals surface area contributed by atoms with Gasteiger partial charge >= 0.3 is 0 Å². The van der Waals surface area contributed by atoms with Gasteiger partial charge in [0.25, 0.3) is 5.91 Å². The van der Waals surface area contributed by atoms with E-state index < -0.39 is 10.0 Å². The van der Waals surface area contributed by atoms with E-state index in [1.54, 1.807) is 25.1 Å². The molecule has 2 aromatic carbocycles. The topological polar surface area (TPSA) is 84.5 Å². The number of rotatable bonds is 9. The van der Waals surface area contributed by atoms with Crippen LogP contribution in [0.2, 0.25) is 0 Å². The number of carbonyl (C=O) groups is 1. The summed E-state index contributed by atoms with van der Waals surface area (Å²) in [7, 11) is -3.39. The predicted molar refractivity (Wildman–Crippen MR) is 108 cm³/mol. The quantitative estimate of drug-likeness (QED) is 0.644. The molecule has 27 heavy (non-hydrogen) atoms. The summed E-state index contributed by atoms with van der Waals surface area (Å²) < 4.78 is 30.9. The standard InChI is InChI=1S/C20H26N2O4S/c1-15-6-10-18(11-7-15)26-13-5-4-12-21-20(23)17-9-8-16(2)19(14-17)22-27(3,24)25/h6-11,14,22H,4-5,12-13H2,1-3H3,(H,21,23). The first kappa shape index (κ1) is 20.8. The number of hydrogen-bond donors (Lipinski definition) is 2. The maximum absolute atomic E-state index is 12.2. The van der Waals surface area contributed by atoms with Crippen LogP contribution in [0.4, 0.5) is 5.69 Å². The van der Waals surface area contributed by atoms with Gasteiger partial charge in [0.05, 0.1) is 18.6 Å². The van der Waals surface area contributed by atoms with Crippen molar-refractivity contribution in [2.75, 3.05) is 24.1 Å². The number of benzene rings is 2. The lowest BCUT2D eigenvalue weighted by molar-refractivity contribution is 0.0952. The van der Waals surface area contributed by atoms with Gasteiger partial charge < -0.3 is 10.1 Å². The molecular weight excluding hydrogens is 364 g/mol. The van der Waals surface area contributed by atoms with Gasteiger partial charge in [-0.15, -0.1) is 0 Å². The Bertz CT molecular complexity index is 877. The minimum Gasteiger partial charge on any atom is -0.494 e. The first-order valence-corrected chi connectivity index (χ1v) is 10.7. The zero-order chi connectivity index (χ0) is 19.9. The van der Waals surface area contributed by atoms with Crippen LogP contribution in [0.15, 0.2) is 42.5 Å². The molecule has 2 N–H and O–H groups in total. The normalized spacial score (nSPS) is 11.1. The fourth-order valence-corrected chi connectivity index (χ4v) is 3.05. The van der Waals surface area contributed by atoms with Crippen LogP contribution >= 0.6 is 0 Å². The molecule has 0 fully saturated rings. The van der Waals surface area contributed by atoms with Crippen LogP contribution in [-0.4, -0.2) is 33.7 Å². The third-order valence-corrected chi connectivity index (χ3v) is 4.53. The van der Waals surface area contributed by atoms with Gasteiger partial charge in [0.2, 0.25) is 10.0 Å². The van der Waals surface area contributed by atoms with Gasteiger partial charge in [-0.05, 0) is 56.5 Å². The molecule has 0 aliphatic carbocycles. The van der Waals surface area contributed by atoms with Gasteiger partial charge in [-0.25, -0.2) is 8.42 Å². The Labute approximate surface area is 161 Å². The van der Waals surface area contributed by atoms with Crippen molar-refractivity contribution in [3.8, 4) is 5.75 Å². The number of ether oxygens (including phenoxy) is 1. The second kappa shape index (κ2) is 9.41. The Morgan fingerprint density at radius 1 is 1.04 bits per heavy atom. The van der Waals surface area contributed by atoms with Crippen LogP contribution in [-0.2, 0) is 10.0 Å². The van der Waals surface area contributed by atoms with Crippen LogP contribution < -0.4 is 14.8 Å². The van der Waals surface area contributed by atoms with E-state index in [9.17, 15) is 13.2 Å². The van der Waals surface area contributed by atoms with E-state index in [1.807, 2.05) is 31.2 Å². The number of sulfonamides is 1. The number of anilines is 1. The lowest BCUT2D eigenvalue weighted by atomic mass is 10.1. The van der Waals surface area contributed by atoms with Crippen molar-refractivity contribution < 1.29 is 17.9 Å². The summed E-state index contributed by atoms with van der Waals surface area (Å²) in [5.74, 6) is 0.612. The molecule has 0 aromatic heterocycles. The largest absolute Gasteiger partial charge is 0.494 e. The number of hydrogen-bond acceptors (Lipinski definition) is 4. The number of amides is 1. The molecule has 0 unspecified atom stereocenters.